The van der Waals surface area contributed by atoms with E-state index in [4.69, 9.17) is 14.2 Å². The third kappa shape index (κ3) is 5.11. The van der Waals surface area contributed by atoms with Crippen molar-refractivity contribution in [2.75, 3.05) is 6.61 Å². The number of hydrogen-bond donors (Lipinski definition) is 6. The Kier molecular flexibility index (Phi) is 6.74. The van der Waals surface area contributed by atoms with Gasteiger partial charge in [-0.3, -0.25) is 0 Å². The standard InChI is InChI=1S/C12H19NO13S/c14-2-5-9(8(17)6(11(20)24-5)13-27(21,22)23)26-12-7(16)3(15)1-4(25-12)10(18)19/h1,3,5-9,11-17,20H,2H2,(H,18,19)(H,21,22,23)/p-2/t3-,5-,6-,7+,8-,9?,11?,12+/m1/s1. The lowest BCUT2D eigenvalue weighted by molar-refractivity contribution is -0.321. The van der Waals surface area contributed by atoms with Gasteiger partial charge in [-0.05, 0) is 6.08 Å². The van der Waals surface area contributed by atoms with Crippen LogP contribution < -0.4 is 9.83 Å². The van der Waals surface area contributed by atoms with Crippen LogP contribution in [-0.2, 0) is 29.3 Å². The highest BCUT2D eigenvalue weighted by Crippen LogP contribution is 2.27. The lowest BCUT2D eigenvalue weighted by Crippen LogP contribution is -2.66. The molecule has 156 valence electrons. The van der Waals surface area contributed by atoms with Gasteiger partial charge in [-0.15, -0.1) is 0 Å². The minimum Gasteiger partial charge on any atom is -0.735 e. The highest BCUT2D eigenvalue weighted by molar-refractivity contribution is 7.83. The van der Waals surface area contributed by atoms with Gasteiger partial charge >= 0.3 is 0 Å². The zero-order valence-electron chi connectivity index (χ0n) is 13.3. The fourth-order valence-electron chi connectivity index (χ4n) is 2.57. The third-order valence-electron chi connectivity index (χ3n) is 3.84. The highest BCUT2D eigenvalue weighted by atomic mass is 32.2. The first-order valence-electron chi connectivity index (χ1n) is 7.41. The molecule has 2 aliphatic heterocycles. The Bertz CT molecular complexity index is 681. The second kappa shape index (κ2) is 8.31. The van der Waals surface area contributed by atoms with E-state index in [-0.39, 0.29) is 0 Å². The van der Waals surface area contributed by atoms with Gasteiger partial charge in [0.25, 0.3) is 0 Å². The lowest BCUT2D eigenvalue weighted by atomic mass is 9.97. The molecule has 0 bridgehead atoms. The Balaban J connectivity index is 2.23. The number of aliphatic hydroxyl groups is 5. The number of hydrogen-bond acceptors (Lipinski definition) is 13. The molecule has 0 aliphatic carbocycles. The summed E-state index contributed by atoms with van der Waals surface area (Å²) in [4.78, 5) is 10.9. The van der Waals surface area contributed by atoms with Crippen molar-refractivity contribution in [3.63, 3.8) is 0 Å². The molecule has 0 aromatic carbocycles. The zero-order chi connectivity index (χ0) is 20.5. The van der Waals surface area contributed by atoms with E-state index in [9.17, 15) is 48.4 Å². The minimum atomic E-state index is -5.14. The predicted molar refractivity (Wildman–Crippen MR) is 75.4 cm³/mol. The van der Waals surface area contributed by atoms with Crippen LogP contribution in [0.4, 0.5) is 0 Å². The van der Waals surface area contributed by atoms with Crippen LogP contribution in [0.1, 0.15) is 0 Å². The van der Waals surface area contributed by atoms with Crippen LogP contribution in [-0.4, -0.2) is 100 Å². The Morgan fingerprint density at radius 1 is 1.26 bits per heavy atom. The summed E-state index contributed by atoms with van der Waals surface area (Å²) < 4.78 is 48.7. The van der Waals surface area contributed by atoms with E-state index in [2.05, 4.69) is 0 Å². The summed E-state index contributed by atoms with van der Waals surface area (Å²) in [6, 6.07) is -1.91. The Morgan fingerprint density at radius 3 is 2.41 bits per heavy atom. The zero-order valence-corrected chi connectivity index (χ0v) is 14.1. The molecule has 0 amide bonds. The molecule has 2 heterocycles. The van der Waals surface area contributed by atoms with E-state index in [0.717, 1.165) is 0 Å². The Labute approximate surface area is 152 Å². The molecule has 0 aromatic heterocycles. The third-order valence-corrected chi connectivity index (χ3v) is 4.40. The molecule has 1 fully saturated rings. The monoisotopic (exact) mass is 415 g/mol. The molecular weight excluding hydrogens is 398 g/mol. The molecule has 2 rings (SSSR count). The van der Waals surface area contributed by atoms with Crippen LogP contribution in [0.25, 0.3) is 0 Å². The van der Waals surface area contributed by atoms with Gasteiger partial charge in [0.1, 0.15) is 48.3 Å². The summed E-state index contributed by atoms with van der Waals surface area (Å²) in [5.74, 6) is -2.73. The van der Waals surface area contributed by atoms with Crippen molar-refractivity contribution in [2.45, 2.75) is 49.1 Å². The Hall–Kier alpha value is -1.40. The number of aliphatic hydroxyl groups excluding tert-OH is 5. The van der Waals surface area contributed by atoms with Gasteiger partial charge in [-0.2, -0.15) is 0 Å². The highest BCUT2D eigenvalue weighted by Gasteiger charge is 2.48. The summed E-state index contributed by atoms with van der Waals surface area (Å²) in [6.07, 6.45) is -12.1. The normalized spacial score (nSPS) is 40.1. The molecule has 0 aromatic rings. The molecule has 6 N–H and O–H groups in total. The number of carboxylic acid groups (broad SMARTS) is 1. The molecule has 0 spiro atoms. The topological polar surface area (TPSA) is 238 Å². The second-order valence-electron chi connectivity index (χ2n) is 5.72. The van der Waals surface area contributed by atoms with Gasteiger partial charge < -0.3 is 54.2 Å². The summed E-state index contributed by atoms with van der Waals surface area (Å²) in [6.45, 7) is -0.871. The summed E-state index contributed by atoms with van der Waals surface area (Å²) in [5, 5.41) is 59.6. The molecule has 0 saturated carbocycles. The molecule has 2 aliphatic rings. The van der Waals surface area contributed by atoms with Crippen LogP contribution in [0.3, 0.4) is 0 Å². The van der Waals surface area contributed by atoms with Crippen LogP contribution in [0.15, 0.2) is 11.8 Å². The average molecular weight is 415 g/mol. The van der Waals surface area contributed by atoms with E-state index in [1.807, 2.05) is 0 Å². The molecular formula is C12H17NO13S-2. The first-order valence-corrected chi connectivity index (χ1v) is 8.82. The van der Waals surface area contributed by atoms with Gasteiger partial charge in [0, 0.05) is 0 Å². The maximum absolute atomic E-state index is 10.9. The van der Waals surface area contributed by atoms with Crippen LogP contribution in [0.2, 0.25) is 0 Å². The van der Waals surface area contributed by atoms with E-state index in [0.29, 0.717) is 6.08 Å². The van der Waals surface area contributed by atoms with E-state index in [1.165, 1.54) is 4.72 Å². The van der Waals surface area contributed by atoms with Crippen molar-refractivity contribution in [2.24, 2.45) is 0 Å². The number of ether oxygens (including phenoxy) is 3. The molecule has 2 unspecified atom stereocenters. The molecule has 27 heavy (non-hydrogen) atoms. The van der Waals surface area contributed by atoms with E-state index < -0.39 is 77.8 Å². The van der Waals surface area contributed by atoms with Gasteiger partial charge in [-0.1, -0.05) is 0 Å². The maximum Gasteiger partial charge on any atom is 0.229 e. The van der Waals surface area contributed by atoms with Crippen molar-refractivity contribution in [3.8, 4) is 0 Å². The van der Waals surface area contributed by atoms with Crippen molar-refractivity contribution in [3.05, 3.63) is 11.8 Å². The molecule has 8 atom stereocenters. The lowest BCUT2D eigenvalue weighted by Gasteiger charge is -2.44. The van der Waals surface area contributed by atoms with Gasteiger partial charge in [0.05, 0.1) is 6.61 Å². The number of carbonyl (C=O) groups excluding carboxylic acids is 1. The van der Waals surface area contributed by atoms with Crippen LogP contribution in [0, 0.1) is 0 Å². The summed E-state index contributed by atoms with van der Waals surface area (Å²) in [7, 11) is -5.14. The van der Waals surface area contributed by atoms with Gasteiger partial charge in [0.15, 0.2) is 16.6 Å². The van der Waals surface area contributed by atoms with Gasteiger partial charge in [-0.25, -0.2) is 13.1 Å². The number of nitrogens with one attached hydrogen (secondary N) is 1. The number of aliphatic carboxylic acids is 1. The van der Waals surface area contributed by atoms with E-state index >= 15 is 0 Å². The quantitative estimate of drug-likeness (QED) is 0.221. The number of carboxylic acids is 1. The van der Waals surface area contributed by atoms with Crippen molar-refractivity contribution >= 4 is 16.3 Å². The van der Waals surface area contributed by atoms with Crippen molar-refractivity contribution < 1.29 is 62.6 Å². The summed E-state index contributed by atoms with van der Waals surface area (Å²) in [5.41, 5.74) is 0. The average Bonchev–Trinajstić information content (AvgIpc) is 2.56. The second-order valence-corrected chi connectivity index (χ2v) is 6.87. The fraction of sp³-hybridized carbons (Fsp3) is 0.750. The van der Waals surface area contributed by atoms with Crippen LogP contribution in [0.5, 0.6) is 0 Å². The fourth-order valence-corrected chi connectivity index (χ4v) is 3.16. The smallest absolute Gasteiger partial charge is 0.229 e. The first kappa shape index (κ1) is 21.9. The van der Waals surface area contributed by atoms with E-state index in [1.54, 1.807) is 0 Å². The van der Waals surface area contributed by atoms with Crippen molar-refractivity contribution in [1.29, 1.82) is 0 Å². The first-order chi connectivity index (χ1) is 12.4. The van der Waals surface area contributed by atoms with Gasteiger partial charge in [0.2, 0.25) is 6.29 Å². The SMILES string of the molecule is O=C([O-])C1=C[C@@H](O)[C@H](O)[C@H](OC2[C@@H](CO)OC(O)[C@H](NS(=O)(=O)[O-])[C@H]2O)O1. The molecule has 1 saturated heterocycles. The largest absolute Gasteiger partial charge is 0.735 e. The minimum absolute atomic E-state index is 0.634. The summed E-state index contributed by atoms with van der Waals surface area (Å²) >= 11 is 0. The number of carbonyl (C=O) groups is 1. The Morgan fingerprint density at radius 2 is 1.89 bits per heavy atom. The molecule has 15 heteroatoms. The van der Waals surface area contributed by atoms with Crippen LogP contribution >= 0.6 is 0 Å². The van der Waals surface area contributed by atoms with Crippen molar-refractivity contribution in [1.82, 2.24) is 4.72 Å². The molecule has 14 nitrogen and oxygen atoms in total. The predicted octanol–water partition coefficient (Wildman–Crippen LogP) is -6.43. The number of rotatable bonds is 6. The maximum atomic E-state index is 10.9. The molecule has 0 radical (unpaired) electrons.